The fourth-order valence-corrected chi connectivity index (χ4v) is 6.44. The molecule has 37 heavy (non-hydrogen) atoms. The summed E-state index contributed by atoms with van der Waals surface area (Å²) in [6.45, 7) is 6.00. The van der Waals surface area contributed by atoms with Gasteiger partial charge in [0.1, 0.15) is 23.6 Å². The van der Waals surface area contributed by atoms with Crippen molar-refractivity contribution in [2.75, 3.05) is 45.2 Å². The van der Waals surface area contributed by atoms with Gasteiger partial charge >= 0.3 is 0 Å². The first-order valence-corrected chi connectivity index (χ1v) is 13.8. The molecule has 4 aliphatic heterocycles. The number of halogens is 1. The predicted molar refractivity (Wildman–Crippen MR) is 145 cm³/mol. The van der Waals surface area contributed by atoms with E-state index < -0.39 is 0 Å². The third kappa shape index (κ3) is 4.47. The molecule has 4 aliphatic rings. The molecule has 198 valence electrons. The van der Waals surface area contributed by atoms with Crippen molar-refractivity contribution in [2.24, 2.45) is 5.73 Å². The van der Waals surface area contributed by atoms with Crippen LogP contribution in [0.25, 0.3) is 5.82 Å². The normalized spacial score (nSPS) is 26.8. The smallest absolute Gasteiger partial charge is 0.258 e. The maximum atomic E-state index is 13.9. The van der Waals surface area contributed by atoms with Crippen LogP contribution >= 0.6 is 11.6 Å². The number of likely N-dealkylation sites (tertiary alicyclic amines) is 1. The van der Waals surface area contributed by atoms with E-state index in [0.717, 1.165) is 69.1 Å². The number of hydrogen-bond donors (Lipinski definition) is 2. The van der Waals surface area contributed by atoms with Crippen molar-refractivity contribution in [3.8, 4) is 5.75 Å². The second-order valence-electron chi connectivity index (χ2n) is 10.7. The molecule has 2 bridgehead atoms. The van der Waals surface area contributed by atoms with Crippen molar-refractivity contribution < 1.29 is 9.53 Å². The highest BCUT2D eigenvalue weighted by Gasteiger charge is 2.37. The summed E-state index contributed by atoms with van der Waals surface area (Å²) in [7, 11) is 2.12. The molecule has 10 heteroatoms. The molecule has 6 rings (SSSR count). The SMILES string of the molecule is CC1=C2N(C)CCCOc3ccc(Cl)cc3C(=O)N3CCCCC3c3cc(n2n3)NC1N1CC[C@H](N)C1. The van der Waals surface area contributed by atoms with E-state index in [1.165, 1.54) is 5.57 Å². The predicted octanol–water partition coefficient (Wildman–Crippen LogP) is 3.59. The molecule has 0 aliphatic carbocycles. The van der Waals surface area contributed by atoms with Gasteiger partial charge in [-0.3, -0.25) is 9.69 Å². The molecule has 1 aromatic heterocycles. The van der Waals surface area contributed by atoms with Crippen LogP contribution < -0.4 is 15.8 Å². The van der Waals surface area contributed by atoms with E-state index in [0.29, 0.717) is 29.5 Å². The van der Waals surface area contributed by atoms with Crippen LogP contribution in [-0.2, 0) is 0 Å². The molecule has 2 aromatic rings. The number of carbonyl (C=O) groups excluding carboxylic acids is 1. The maximum Gasteiger partial charge on any atom is 0.258 e. The molecule has 0 saturated carbocycles. The number of piperidine rings is 1. The first-order valence-electron chi connectivity index (χ1n) is 13.4. The Labute approximate surface area is 223 Å². The van der Waals surface area contributed by atoms with Gasteiger partial charge in [0, 0.05) is 55.9 Å². The highest BCUT2D eigenvalue weighted by atomic mass is 35.5. The topological polar surface area (TPSA) is 91.9 Å². The Bertz CT molecular complexity index is 1230. The number of nitrogens with one attached hydrogen (secondary N) is 1. The number of benzene rings is 1. The summed E-state index contributed by atoms with van der Waals surface area (Å²) < 4.78 is 8.19. The molecule has 2 saturated heterocycles. The Balaban J connectivity index is 1.44. The number of amides is 1. The molecule has 3 N–H and O–H groups in total. The number of carbonyl (C=O) groups is 1. The van der Waals surface area contributed by atoms with Crippen molar-refractivity contribution in [2.45, 2.75) is 57.3 Å². The number of hydrogen-bond acceptors (Lipinski definition) is 7. The number of rotatable bonds is 1. The van der Waals surface area contributed by atoms with Gasteiger partial charge in [0.15, 0.2) is 0 Å². The van der Waals surface area contributed by atoms with Gasteiger partial charge < -0.3 is 25.6 Å². The average Bonchev–Trinajstić information content (AvgIpc) is 3.51. The van der Waals surface area contributed by atoms with Crippen LogP contribution in [0.15, 0.2) is 29.8 Å². The van der Waals surface area contributed by atoms with Crippen LogP contribution in [0.3, 0.4) is 0 Å². The molecule has 3 atom stereocenters. The van der Waals surface area contributed by atoms with Crippen molar-refractivity contribution in [1.29, 1.82) is 0 Å². The van der Waals surface area contributed by atoms with Gasteiger partial charge in [0.2, 0.25) is 0 Å². The van der Waals surface area contributed by atoms with Gasteiger partial charge in [-0.05, 0) is 57.2 Å². The number of anilines is 1. The molecule has 9 nitrogen and oxygen atoms in total. The summed E-state index contributed by atoms with van der Waals surface area (Å²) in [5.41, 5.74) is 8.93. The van der Waals surface area contributed by atoms with E-state index in [4.69, 9.17) is 27.2 Å². The average molecular weight is 526 g/mol. The van der Waals surface area contributed by atoms with E-state index in [2.05, 4.69) is 35.2 Å². The summed E-state index contributed by atoms with van der Waals surface area (Å²) >= 11 is 6.33. The van der Waals surface area contributed by atoms with Gasteiger partial charge in [-0.1, -0.05) is 11.6 Å². The highest BCUT2D eigenvalue weighted by molar-refractivity contribution is 6.31. The first kappa shape index (κ1) is 24.6. The monoisotopic (exact) mass is 525 g/mol. The second-order valence-corrected chi connectivity index (χ2v) is 11.2. The molecule has 0 spiro atoms. The Kier molecular flexibility index (Phi) is 6.54. The van der Waals surface area contributed by atoms with E-state index in [-0.39, 0.29) is 24.2 Å². The number of nitrogens with two attached hydrogens (primary N) is 1. The van der Waals surface area contributed by atoms with Gasteiger partial charge in [0.25, 0.3) is 5.91 Å². The van der Waals surface area contributed by atoms with Gasteiger partial charge in [-0.2, -0.15) is 5.10 Å². The largest absolute Gasteiger partial charge is 0.493 e. The summed E-state index contributed by atoms with van der Waals surface area (Å²) in [6, 6.07) is 7.56. The number of fused-ring (bicyclic) bond motifs is 4. The first-order chi connectivity index (χ1) is 17.9. The zero-order valence-electron chi connectivity index (χ0n) is 21.6. The maximum absolute atomic E-state index is 13.9. The lowest BCUT2D eigenvalue weighted by Crippen LogP contribution is -2.46. The van der Waals surface area contributed by atoms with Gasteiger partial charge in [0.05, 0.1) is 23.9 Å². The molecular weight excluding hydrogens is 490 g/mol. The summed E-state index contributed by atoms with van der Waals surface area (Å²) in [5.74, 6) is 2.59. The minimum Gasteiger partial charge on any atom is -0.493 e. The molecule has 1 amide bonds. The number of aromatic nitrogens is 2. The van der Waals surface area contributed by atoms with Crippen molar-refractivity contribution >= 4 is 29.1 Å². The quantitative estimate of drug-likeness (QED) is 0.588. The number of ether oxygens (including phenoxy) is 1. The van der Waals surface area contributed by atoms with Crippen LogP contribution in [0, 0.1) is 0 Å². The lowest BCUT2D eigenvalue weighted by Gasteiger charge is -2.38. The molecular formula is C27H36ClN7O2. The Morgan fingerprint density at radius 2 is 2.00 bits per heavy atom. The third-order valence-corrected chi connectivity index (χ3v) is 8.37. The van der Waals surface area contributed by atoms with E-state index in [1.807, 2.05) is 15.6 Å². The van der Waals surface area contributed by atoms with Crippen molar-refractivity contribution in [3.63, 3.8) is 0 Å². The van der Waals surface area contributed by atoms with Crippen molar-refractivity contribution in [1.82, 2.24) is 24.5 Å². The zero-order chi connectivity index (χ0) is 25.7. The molecule has 0 radical (unpaired) electrons. The minimum atomic E-state index is -0.110. The van der Waals surface area contributed by atoms with E-state index in [1.54, 1.807) is 12.1 Å². The number of nitrogens with zero attached hydrogens (tertiary/aromatic N) is 5. The van der Waals surface area contributed by atoms with Crippen LogP contribution in [0.1, 0.15) is 61.1 Å². The van der Waals surface area contributed by atoms with E-state index in [9.17, 15) is 4.79 Å². The third-order valence-electron chi connectivity index (χ3n) is 8.13. The Morgan fingerprint density at radius 1 is 1.14 bits per heavy atom. The molecule has 2 unspecified atom stereocenters. The summed E-state index contributed by atoms with van der Waals surface area (Å²) in [4.78, 5) is 20.6. The lowest BCUT2D eigenvalue weighted by molar-refractivity contribution is 0.0600. The second kappa shape index (κ2) is 9.85. The van der Waals surface area contributed by atoms with Crippen LogP contribution in [0.5, 0.6) is 5.75 Å². The van der Waals surface area contributed by atoms with Crippen LogP contribution in [0.4, 0.5) is 5.82 Å². The van der Waals surface area contributed by atoms with Gasteiger partial charge in [-0.15, -0.1) is 0 Å². The fourth-order valence-electron chi connectivity index (χ4n) is 6.26. The Morgan fingerprint density at radius 3 is 2.81 bits per heavy atom. The van der Waals surface area contributed by atoms with Crippen LogP contribution in [0.2, 0.25) is 5.02 Å². The lowest BCUT2D eigenvalue weighted by atomic mass is 9.98. The Hall–Kier alpha value is -2.75. The van der Waals surface area contributed by atoms with Gasteiger partial charge in [-0.25, -0.2) is 4.68 Å². The molecule has 5 heterocycles. The summed E-state index contributed by atoms with van der Waals surface area (Å²) in [5, 5.41) is 9.41. The highest BCUT2D eigenvalue weighted by Crippen LogP contribution is 2.38. The minimum absolute atomic E-state index is 0.0498. The zero-order valence-corrected chi connectivity index (χ0v) is 22.4. The van der Waals surface area contributed by atoms with Crippen LogP contribution in [-0.4, -0.2) is 82.4 Å². The molecule has 1 aromatic carbocycles. The standard InChI is InChI=1S/C27H36ClN7O2/c1-17-25(33-12-9-19(29)16-33)30-24-15-21-22-6-3-4-11-34(22)27(36)20-14-18(28)7-8-23(20)37-13-5-10-32(2)26(17)35(24)31-21/h7-8,14-15,19,22,25,30H,3-6,9-13,16,29H2,1-2H3/t19-,22?,25?/m0/s1. The van der Waals surface area contributed by atoms with Crippen molar-refractivity contribution in [3.05, 3.63) is 46.1 Å². The molecule has 2 fully saturated rings. The summed E-state index contributed by atoms with van der Waals surface area (Å²) in [6.07, 6.45) is 4.75. The van der Waals surface area contributed by atoms with E-state index >= 15 is 0 Å². The fraction of sp³-hybridized carbons (Fsp3) is 0.556.